The van der Waals surface area contributed by atoms with Crippen LogP contribution >= 0.6 is 35.9 Å². The molecule has 0 atom stereocenters. The minimum absolute atomic E-state index is 0. The smallest absolute Gasteiger partial charge is 0.255 e. The van der Waals surface area contributed by atoms with Gasteiger partial charge in [-0.05, 0) is 24.9 Å². The van der Waals surface area contributed by atoms with Gasteiger partial charge in [-0.3, -0.25) is 4.90 Å². The number of nitrogens with zero attached hydrogens (tertiary/aromatic N) is 5. The molecule has 7 nitrogen and oxygen atoms in total. The lowest BCUT2D eigenvalue weighted by Gasteiger charge is -2.27. The molecule has 140 valence electrons. The lowest BCUT2D eigenvalue weighted by molar-refractivity contribution is 0.0398. The molecule has 2 aliphatic heterocycles. The van der Waals surface area contributed by atoms with Gasteiger partial charge in [0, 0.05) is 27.6 Å². The molecule has 25 heavy (non-hydrogen) atoms. The summed E-state index contributed by atoms with van der Waals surface area (Å²) in [6.07, 6.45) is 4.20. The molecule has 2 aromatic rings. The molecule has 10 heteroatoms. The zero-order chi connectivity index (χ0) is 16.4. The third-order valence-corrected chi connectivity index (χ3v) is 6.05. The number of anilines is 1. The number of hydrogen-bond acceptors (Lipinski definition) is 8. The van der Waals surface area contributed by atoms with Crippen molar-refractivity contribution in [1.82, 2.24) is 24.5 Å². The summed E-state index contributed by atoms with van der Waals surface area (Å²) >= 11 is 3.43. The lowest BCUT2D eigenvalue weighted by Crippen LogP contribution is -2.39. The number of ether oxygens (including phenoxy) is 1. The zero-order valence-corrected chi connectivity index (χ0v) is 16.7. The summed E-state index contributed by atoms with van der Waals surface area (Å²) in [4.78, 5) is 12.9. The average molecular weight is 405 g/mol. The van der Waals surface area contributed by atoms with Crippen molar-refractivity contribution in [2.75, 3.05) is 56.7 Å². The number of aromatic nitrogens is 4. The Morgan fingerprint density at radius 1 is 1.32 bits per heavy atom. The normalized spacial score (nSPS) is 18.0. The van der Waals surface area contributed by atoms with Crippen molar-refractivity contribution in [3.63, 3.8) is 0 Å². The van der Waals surface area contributed by atoms with Crippen LogP contribution in [0.4, 0.5) is 5.82 Å². The first-order valence-electron chi connectivity index (χ1n) is 8.35. The van der Waals surface area contributed by atoms with Gasteiger partial charge < -0.3 is 10.1 Å². The molecule has 1 fully saturated rings. The standard InChI is InChI=1S/C15H22N6OS2.ClH.H2/c1-23-15-18-14-17-11-3-2-10-24-12(11)13(21(14)19-15)16-4-5-20-6-8-22-9-7-20;;/h16H,2-10H2,1H3;2*1H. The van der Waals surface area contributed by atoms with E-state index in [9.17, 15) is 0 Å². The molecule has 2 aliphatic rings. The van der Waals surface area contributed by atoms with Gasteiger partial charge in [-0.2, -0.15) is 9.50 Å². The summed E-state index contributed by atoms with van der Waals surface area (Å²) in [5, 5.41) is 8.98. The summed E-state index contributed by atoms with van der Waals surface area (Å²) in [6.45, 7) is 5.60. The van der Waals surface area contributed by atoms with E-state index < -0.39 is 0 Å². The summed E-state index contributed by atoms with van der Waals surface area (Å²) < 4.78 is 7.29. The van der Waals surface area contributed by atoms with E-state index in [0.717, 1.165) is 68.2 Å². The number of halogens is 1. The zero-order valence-electron chi connectivity index (χ0n) is 14.2. The van der Waals surface area contributed by atoms with Crippen molar-refractivity contribution < 1.29 is 6.16 Å². The highest BCUT2D eigenvalue weighted by atomic mass is 35.5. The number of hydrogen-bond donors (Lipinski definition) is 1. The Labute approximate surface area is 163 Å². The summed E-state index contributed by atoms with van der Waals surface area (Å²) in [6, 6.07) is 0. The summed E-state index contributed by atoms with van der Waals surface area (Å²) in [7, 11) is 0. The molecule has 0 aromatic carbocycles. The molecule has 0 amide bonds. The number of nitrogens with one attached hydrogen (secondary N) is 1. The number of rotatable bonds is 5. The van der Waals surface area contributed by atoms with Crippen LogP contribution < -0.4 is 5.32 Å². The van der Waals surface area contributed by atoms with Gasteiger partial charge in [0.05, 0.1) is 23.8 Å². The minimum Gasteiger partial charge on any atom is -0.379 e. The number of thioether (sulfide) groups is 2. The molecule has 0 radical (unpaired) electrons. The van der Waals surface area contributed by atoms with Gasteiger partial charge in [-0.25, -0.2) is 4.98 Å². The molecule has 0 saturated carbocycles. The van der Waals surface area contributed by atoms with Crippen LogP contribution in [0.3, 0.4) is 0 Å². The molecular weight excluding hydrogens is 380 g/mol. The number of fused-ring (bicyclic) bond motifs is 2. The molecule has 0 unspecified atom stereocenters. The number of morpholine rings is 1. The van der Waals surface area contributed by atoms with Crippen LogP contribution in [-0.2, 0) is 11.2 Å². The van der Waals surface area contributed by atoms with Crippen molar-refractivity contribution in [1.29, 1.82) is 0 Å². The molecule has 4 heterocycles. The van der Waals surface area contributed by atoms with Gasteiger partial charge in [-0.15, -0.1) is 29.3 Å². The molecule has 0 bridgehead atoms. The third-order valence-electron chi connectivity index (χ3n) is 4.31. The van der Waals surface area contributed by atoms with Gasteiger partial charge in [0.2, 0.25) is 5.16 Å². The van der Waals surface area contributed by atoms with Crippen molar-refractivity contribution in [2.24, 2.45) is 0 Å². The van der Waals surface area contributed by atoms with Gasteiger partial charge in [0.25, 0.3) is 5.78 Å². The summed E-state index contributed by atoms with van der Waals surface area (Å²) in [5.41, 5.74) is 1.16. The fraction of sp³-hybridized carbons (Fsp3) is 0.667. The maximum absolute atomic E-state index is 5.41. The fourth-order valence-corrected chi connectivity index (χ4v) is 4.48. The Morgan fingerprint density at radius 3 is 2.96 bits per heavy atom. The van der Waals surface area contributed by atoms with E-state index in [-0.39, 0.29) is 13.8 Å². The molecule has 0 spiro atoms. The first kappa shape index (κ1) is 19.0. The second-order valence-electron chi connectivity index (χ2n) is 5.88. The monoisotopic (exact) mass is 404 g/mol. The van der Waals surface area contributed by atoms with Crippen molar-refractivity contribution in [3.05, 3.63) is 5.69 Å². The summed E-state index contributed by atoms with van der Waals surface area (Å²) in [5.74, 6) is 2.90. The molecule has 0 aliphatic carbocycles. The first-order chi connectivity index (χ1) is 11.8. The maximum atomic E-state index is 5.41. The van der Waals surface area contributed by atoms with E-state index in [2.05, 4.69) is 20.3 Å². The van der Waals surface area contributed by atoms with Crippen molar-refractivity contribution >= 4 is 47.5 Å². The topological polar surface area (TPSA) is 67.6 Å². The van der Waals surface area contributed by atoms with Crippen molar-refractivity contribution in [2.45, 2.75) is 22.9 Å². The van der Waals surface area contributed by atoms with Gasteiger partial charge in [0.1, 0.15) is 5.82 Å². The van der Waals surface area contributed by atoms with Crippen LogP contribution in [-0.4, -0.2) is 75.9 Å². The quantitative estimate of drug-likeness (QED) is 0.761. The van der Waals surface area contributed by atoms with E-state index in [4.69, 9.17) is 9.72 Å². The van der Waals surface area contributed by atoms with Crippen LogP contribution in [0, 0.1) is 0 Å². The van der Waals surface area contributed by atoms with Crippen LogP contribution in [0.25, 0.3) is 5.78 Å². The lowest BCUT2D eigenvalue weighted by atomic mass is 10.2. The van der Waals surface area contributed by atoms with Gasteiger partial charge in [0.15, 0.2) is 0 Å². The largest absolute Gasteiger partial charge is 0.379 e. The predicted octanol–water partition coefficient (Wildman–Crippen LogP) is 2.30. The third kappa shape index (κ3) is 4.16. The van der Waals surface area contributed by atoms with Gasteiger partial charge in [-0.1, -0.05) is 11.8 Å². The molecule has 2 aromatic heterocycles. The Bertz CT molecular complexity index is 728. The Balaban J connectivity index is 0.00000121. The first-order valence-corrected chi connectivity index (χ1v) is 10.6. The molecule has 4 rings (SSSR count). The van der Waals surface area contributed by atoms with Crippen LogP contribution in [0.1, 0.15) is 13.5 Å². The maximum Gasteiger partial charge on any atom is 0.255 e. The highest BCUT2D eigenvalue weighted by molar-refractivity contribution is 7.99. The highest BCUT2D eigenvalue weighted by Crippen LogP contribution is 2.35. The van der Waals surface area contributed by atoms with Crippen molar-refractivity contribution in [3.8, 4) is 0 Å². The Hall–Kier alpha value is -0.740. The van der Waals surface area contributed by atoms with Gasteiger partial charge >= 0.3 is 0 Å². The fourth-order valence-electron chi connectivity index (χ4n) is 3.05. The van der Waals surface area contributed by atoms with Crippen LogP contribution in [0.2, 0.25) is 0 Å². The Morgan fingerprint density at radius 2 is 2.16 bits per heavy atom. The average Bonchev–Trinajstić information content (AvgIpc) is 3.05. The molecule has 1 saturated heterocycles. The number of aryl methyl sites for hydroxylation is 1. The Kier molecular flexibility index (Phi) is 6.67. The second-order valence-corrected chi connectivity index (χ2v) is 7.76. The molecule has 1 N–H and O–H groups in total. The van der Waals surface area contributed by atoms with E-state index in [0.29, 0.717) is 5.78 Å². The van der Waals surface area contributed by atoms with Crippen LogP contribution in [0.5, 0.6) is 0 Å². The predicted molar refractivity (Wildman–Crippen MR) is 107 cm³/mol. The van der Waals surface area contributed by atoms with E-state index >= 15 is 0 Å². The highest BCUT2D eigenvalue weighted by Gasteiger charge is 2.21. The molecular formula is C15H25ClN6OS2. The second kappa shape index (κ2) is 8.77. The van der Waals surface area contributed by atoms with E-state index in [1.165, 1.54) is 11.3 Å². The van der Waals surface area contributed by atoms with E-state index in [1.807, 2.05) is 22.5 Å². The minimum atomic E-state index is 0. The SMILES string of the molecule is CSc1nc2nc3c(c(NCCN4CCOCC4)n2n1)SCCC3.Cl.[HH]. The van der Waals surface area contributed by atoms with Crippen LogP contribution in [0.15, 0.2) is 10.1 Å². The van der Waals surface area contributed by atoms with E-state index in [1.54, 1.807) is 11.8 Å².